The molecule has 156 valence electrons. The van der Waals surface area contributed by atoms with Crippen LogP contribution in [-0.2, 0) is 6.54 Å². The Balaban J connectivity index is 1.49. The van der Waals surface area contributed by atoms with Crippen LogP contribution in [0.1, 0.15) is 28.8 Å². The van der Waals surface area contributed by atoms with Gasteiger partial charge in [-0.1, -0.05) is 40.9 Å². The zero-order valence-corrected chi connectivity index (χ0v) is 18.1. The zero-order chi connectivity index (χ0) is 21.0. The number of amides is 1. The third-order valence-corrected chi connectivity index (χ3v) is 6.16. The standard InChI is InChI=1S/C21H23Cl3N2O3/c22-15-2-4-20(16(10-15)21(25)28)29-12-19(27)14-5-7-26(8-6-14)11-13-1-3-17(23)18(24)9-13/h1-4,9-10,14,19,27H,5-8,11-12H2,(H2,25,28). The Morgan fingerprint density at radius 2 is 1.86 bits per heavy atom. The molecule has 8 heteroatoms. The van der Waals surface area contributed by atoms with E-state index in [0.717, 1.165) is 38.0 Å². The molecule has 0 spiro atoms. The number of piperidine rings is 1. The van der Waals surface area contributed by atoms with Crippen LogP contribution in [0.15, 0.2) is 36.4 Å². The Hall–Kier alpha value is -1.50. The van der Waals surface area contributed by atoms with Crippen molar-refractivity contribution in [2.75, 3.05) is 19.7 Å². The molecule has 0 saturated carbocycles. The number of hydrogen-bond donors (Lipinski definition) is 2. The molecule has 0 aliphatic carbocycles. The van der Waals surface area contributed by atoms with E-state index < -0.39 is 12.0 Å². The molecule has 1 heterocycles. The number of carbonyl (C=O) groups excluding carboxylic acids is 1. The van der Waals surface area contributed by atoms with Crippen molar-refractivity contribution in [1.82, 2.24) is 4.90 Å². The van der Waals surface area contributed by atoms with Gasteiger partial charge in [-0.2, -0.15) is 0 Å². The summed E-state index contributed by atoms with van der Waals surface area (Å²) in [6.07, 6.45) is 1.09. The first kappa shape index (κ1) is 22.2. The quantitative estimate of drug-likeness (QED) is 0.646. The van der Waals surface area contributed by atoms with Crippen molar-refractivity contribution in [3.63, 3.8) is 0 Å². The van der Waals surface area contributed by atoms with Gasteiger partial charge in [-0.3, -0.25) is 9.69 Å². The number of benzene rings is 2. The van der Waals surface area contributed by atoms with Crippen LogP contribution >= 0.6 is 34.8 Å². The van der Waals surface area contributed by atoms with Crippen molar-refractivity contribution in [3.05, 3.63) is 62.6 Å². The monoisotopic (exact) mass is 456 g/mol. The highest BCUT2D eigenvalue weighted by atomic mass is 35.5. The Bertz CT molecular complexity index is 870. The van der Waals surface area contributed by atoms with Crippen molar-refractivity contribution in [2.24, 2.45) is 11.7 Å². The highest BCUT2D eigenvalue weighted by Gasteiger charge is 2.26. The van der Waals surface area contributed by atoms with Crippen molar-refractivity contribution in [2.45, 2.75) is 25.5 Å². The lowest BCUT2D eigenvalue weighted by Crippen LogP contribution is -2.39. The number of halogens is 3. The van der Waals surface area contributed by atoms with Crippen LogP contribution in [0.4, 0.5) is 0 Å². The van der Waals surface area contributed by atoms with Gasteiger partial charge in [0.05, 0.1) is 21.7 Å². The van der Waals surface area contributed by atoms with Gasteiger partial charge in [0.15, 0.2) is 0 Å². The van der Waals surface area contributed by atoms with E-state index in [1.165, 1.54) is 6.07 Å². The Morgan fingerprint density at radius 3 is 2.52 bits per heavy atom. The van der Waals surface area contributed by atoms with E-state index in [-0.39, 0.29) is 18.1 Å². The number of likely N-dealkylation sites (tertiary alicyclic amines) is 1. The number of aliphatic hydroxyl groups is 1. The summed E-state index contributed by atoms with van der Waals surface area (Å²) in [7, 11) is 0. The number of rotatable bonds is 7. The molecular weight excluding hydrogens is 435 g/mol. The number of nitrogens with zero attached hydrogens (tertiary/aromatic N) is 1. The van der Waals surface area contributed by atoms with Gasteiger partial charge in [-0.25, -0.2) is 0 Å². The topological polar surface area (TPSA) is 75.8 Å². The molecule has 3 N–H and O–H groups in total. The van der Waals surface area contributed by atoms with Gasteiger partial charge in [0.2, 0.25) is 0 Å². The molecule has 1 saturated heterocycles. The van der Waals surface area contributed by atoms with Gasteiger partial charge in [0.25, 0.3) is 5.91 Å². The molecule has 1 unspecified atom stereocenters. The largest absolute Gasteiger partial charge is 0.490 e. The molecule has 0 radical (unpaired) electrons. The molecule has 5 nitrogen and oxygen atoms in total. The fourth-order valence-corrected chi connectivity index (χ4v) is 4.02. The van der Waals surface area contributed by atoms with E-state index in [0.29, 0.717) is 20.8 Å². The van der Waals surface area contributed by atoms with E-state index in [2.05, 4.69) is 4.90 Å². The number of aliphatic hydroxyl groups excluding tert-OH is 1. The number of carbonyl (C=O) groups is 1. The highest BCUT2D eigenvalue weighted by molar-refractivity contribution is 6.42. The second kappa shape index (κ2) is 10.0. The second-order valence-electron chi connectivity index (χ2n) is 7.25. The van der Waals surface area contributed by atoms with Gasteiger partial charge in [0.1, 0.15) is 12.4 Å². The van der Waals surface area contributed by atoms with Gasteiger partial charge in [-0.05, 0) is 67.7 Å². The normalized spacial score (nSPS) is 16.6. The lowest BCUT2D eigenvalue weighted by molar-refractivity contribution is 0.0242. The number of nitrogens with two attached hydrogens (primary N) is 1. The number of hydrogen-bond acceptors (Lipinski definition) is 4. The first-order valence-corrected chi connectivity index (χ1v) is 10.5. The molecule has 2 aromatic rings. The van der Waals surface area contributed by atoms with Gasteiger partial charge < -0.3 is 15.6 Å². The van der Waals surface area contributed by atoms with E-state index in [9.17, 15) is 9.90 Å². The van der Waals surface area contributed by atoms with Gasteiger partial charge in [-0.15, -0.1) is 0 Å². The summed E-state index contributed by atoms with van der Waals surface area (Å²) in [5.41, 5.74) is 6.69. The summed E-state index contributed by atoms with van der Waals surface area (Å²) in [5, 5.41) is 12.1. The van der Waals surface area contributed by atoms with E-state index >= 15 is 0 Å². The Labute approximate surface area is 185 Å². The number of ether oxygens (including phenoxy) is 1. The smallest absolute Gasteiger partial charge is 0.252 e. The zero-order valence-electron chi connectivity index (χ0n) is 15.8. The molecule has 29 heavy (non-hydrogen) atoms. The molecule has 0 bridgehead atoms. The predicted molar refractivity (Wildman–Crippen MR) is 116 cm³/mol. The highest BCUT2D eigenvalue weighted by Crippen LogP contribution is 2.27. The minimum Gasteiger partial charge on any atom is -0.490 e. The first-order valence-electron chi connectivity index (χ1n) is 9.40. The van der Waals surface area contributed by atoms with Crippen LogP contribution in [0, 0.1) is 5.92 Å². The molecular formula is C21H23Cl3N2O3. The molecule has 0 aromatic heterocycles. The molecule has 3 rings (SSSR count). The fraction of sp³-hybridized carbons (Fsp3) is 0.381. The maximum absolute atomic E-state index is 11.5. The van der Waals surface area contributed by atoms with Crippen molar-refractivity contribution in [3.8, 4) is 5.75 Å². The molecule has 1 aliphatic rings. The molecule has 1 fully saturated rings. The predicted octanol–water partition coefficient (Wildman–Crippen LogP) is 4.40. The average molecular weight is 458 g/mol. The molecule has 2 aromatic carbocycles. The summed E-state index contributed by atoms with van der Waals surface area (Å²) in [4.78, 5) is 13.9. The van der Waals surface area contributed by atoms with E-state index in [1.807, 2.05) is 18.2 Å². The molecule has 1 aliphatic heterocycles. The van der Waals surface area contributed by atoms with Crippen LogP contribution in [0.2, 0.25) is 15.1 Å². The molecule has 1 atom stereocenters. The third-order valence-electron chi connectivity index (χ3n) is 5.18. The summed E-state index contributed by atoms with van der Waals surface area (Å²) in [6, 6.07) is 10.4. The average Bonchev–Trinajstić information content (AvgIpc) is 2.70. The van der Waals surface area contributed by atoms with Crippen LogP contribution in [-0.4, -0.2) is 41.7 Å². The van der Waals surface area contributed by atoms with Gasteiger partial charge >= 0.3 is 0 Å². The fourth-order valence-electron chi connectivity index (χ4n) is 3.52. The first-order chi connectivity index (χ1) is 13.8. The van der Waals surface area contributed by atoms with Crippen LogP contribution < -0.4 is 10.5 Å². The maximum atomic E-state index is 11.5. The summed E-state index contributed by atoms with van der Waals surface area (Å²) in [6.45, 7) is 2.63. The molecule has 1 amide bonds. The Kier molecular flexibility index (Phi) is 7.66. The summed E-state index contributed by atoms with van der Waals surface area (Å²) >= 11 is 18.0. The van der Waals surface area contributed by atoms with Gasteiger partial charge in [0, 0.05) is 11.6 Å². The van der Waals surface area contributed by atoms with Crippen LogP contribution in [0.3, 0.4) is 0 Å². The minimum absolute atomic E-state index is 0.0966. The Morgan fingerprint density at radius 1 is 1.14 bits per heavy atom. The lowest BCUT2D eigenvalue weighted by Gasteiger charge is -2.34. The number of primary amides is 1. The van der Waals surface area contributed by atoms with Crippen LogP contribution in [0.25, 0.3) is 0 Å². The van der Waals surface area contributed by atoms with Crippen molar-refractivity contribution >= 4 is 40.7 Å². The minimum atomic E-state index is -0.626. The van der Waals surface area contributed by atoms with E-state index in [4.69, 9.17) is 45.3 Å². The second-order valence-corrected chi connectivity index (χ2v) is 8.50. The SMILES string of the molecule is NC(=O)c1cc(Cl)ccc1OCC(O)C1CCN(Cc2ccc(Cl)c(Cl)c2)CC1. The van der Waals surface area contributed by atoms with Crippen molar-refractivity contribution < 1.29 is 14.6 Å². The lowest BCUT2D eigenvalue weighted by atomic mass is 9.91. The summed E-state index contributed by atoms with van der Waals surface area (Å²) < 4.78 is 5.67. The summed E-state index contributed by atoms with van der Waals surface area (Å²) in [5.74, 6) is -0.157. The van der Waals surface area contributed by atoms with E-state index in [1.54, 1.807) is 12.1 Å². The maximum Gasteiger partial charge on any atom is 0.252 e. The van der Waals surface area contributed by atoms with Crippen molar-refractivity contribution in [1.29, 1.82) is 0 Å². The van der Waals surface area contributed by atoms with Crippen LogP contribution in [0.5, 0.6) is 5.75 Å². The third kappa shape index (κ3) is 6.00.